The normalized spacial score (nSPS) is 10.9. The number of fused-ring (bicyclic) bond motifs is 1. The first kappa shape index (κ1) is 14.9. The molecule has 0 aliphatic heterocycles. The first-order chi connectivity index (χ1) is 10.6. The van der Waals surface area contributed by atoms with Crippen molar-refractivity contribution in [2.75, 3.05) is 5.32 Å². The van der Waals surface area contributed by atoms with Gasteiger partial charge in [0, 0.05) is 28.2 Å². The molecule has 4 heteroatoms. The number of rotatable bonds is 3. The number of benzene rings is 2. The fraction of sp³-hybridized carbons (Fsp3) is 0.167. The zero-order valence-electron chi connectivity index (χ0n) is 12.4. The summed E-state index contributed by atoms with van der Waals surface area (Å²) in [4.78, 5) is 11.8. The van der Waals surface area contributed by atoms with Crippen LogP contribution in [0, 0.1) is 13.8 Å². The average molecular weight is 358 g/mol. The van der Waals surface area contributed by atoms with Crippen LogP contribution in [0.2, 0.25) is 0 Å². The van der Waals surface area contributed by atoms with Gasteiger partial charge in [0.2, 0.25) is 0 Å². The highest BCUT2D eigenvalue weighted by molar-refractivity contribution is 9.10. The molecule has 0 aliphatic carbocycles. The first-order valence-electron chi connectivity index (χ1n) is 7.07. The van der Waals surface area contributed by atoms with E-state index in [1.165, 1.54) is 0 Å². The van der Waals surface area contributed by atoms with E-state index in [0.717, 1.165) is 32.2 Å². The molecule has 0 atom stereocenters. The average Bonchev–Trinajstić information content (AvgIpc) is 2.50. The Kier molecular flexibility index (Phi) is 4.03. The summed E-state index contributed by atoms with van der Waals surface area (Å²) in [6, 6.07) is 13.5. The molecule has 3 nitrogen and oxygen atoms in total. The summed E-state index contributed by atoms with van der Waals surface area (Å²) in [6.45, 7) is 4.56. The molecular formula is C18H16BrNO2. The molecule has 1 N–H and O–H groups in total. The molecule has 0 spiro atoms. The Labute approximate surface area is 137 Å². The summed E-state index contributed by atoms with van der Waals surface area (Å²) in [5.41, 5.74) is 4.42. The molecule has 0 saturated carbocycles. The van der Waals surface area contributed by atoms with Crippen LogP contribution in [0.1, 0.15) is 16.7 Å². The second kappa shape index (κ2) is 5.97. The van der Waals surface area contributed by atoms with E-state index in [9.17, 15) is 4.79 Å². The lowest BCUT2D eigenvalue weighted by atomic mass is 10.0. The number of hydrogen-bond acceptors (Lipinski definition) is 3. The first-order valence-corrected chi connectivity index (χ1v) is 7.87. The standard InChI is InChI=1S/C18H16BrNO2/c1-11-7-8-14-13(9-17(21)22-18(14)12(11)2)10-20-16-6-4-3-5-15(16)19/h3-9,20H,10H2,1-2H3. The SMILES string of the molecule is Cc1ccc2c(CNc3ccccc3Br)cc(=O)oc2c1C. The molecule has 1 heterocycles. The maximum atomic E-state index is 11.8. The van der Waals surface area contributed by atoms with Crippen LogP contribution in [0.3, 0.4) is 0 Å². The van der Waals surface area contributed by atoms with Gasteiger partial charge in [0.05, 0.1) is 0 Å². The molecule has 0 saturated heterocycles. The highest BCUT2D eigenvalue weighted by Crippen LogP contribution is 2.25. The predicted octanol–water partition coefficient (Wildman–Crippen LogP) is 4.78. The highest BCUT2D eigenvalue weighted by Gasteiger charge is 2.09. The van der Waals surface area contributed by atoms with Gasteiger partial charge in [0.25, 0.3) is 0 Å². The molecule has 0 bridgehead atoms. The molecule has 0 fully saturated rings. The number of nitrogens with one attached hydrogen (secondary N) is 1. The van der Waals surface area contributed by atoms with E-state index < -0.39 is 0 Å². The van der Waals surface area contributed by atoms with Crippen LogP contribution in [0.4, 0.5) is 5.69 Å². The summed E-state index contributed by atoms with van der Waals surface area (Å²) in [7, 11) is 0. The van der Waals surface area contributed by atoms with Gasteiger partial charge in [-0.05, 0) is 58.6 Å². The Morgan fingerprint density at radius 3 is 2.68 bits per heavy atom. The van der Waals surface area contributed by atoms with Crippen molar-refractivity contribution < 1.29 is 4.42 Å². The Morgan fingerprint density at radius 1 is 1.14 bits per heavy atom. The van der Waals surface area contributed by atoms with Crippen LogP contribution in [-0.2, 0) is 6.54 Å². The molecule has 3 rings (SSSR count). The topological polar surface area (TPSA) is 42.2 Å². The monoisotopic (exact) mass is 357 g/mol. The van der Waals surface area contributed by atoms with E-state index in [0.29, 0.717) is 12.1 Å². The molecule has 1 aromatic heterocycles. The van der Waals surface area contributed by atoms with Gasteiger partial charge in [0.15, 0.2) is 0 Å². The van der Waals surface area contributed by atoms with E-state index >= 15 is 0 Å². The lowest BCUT2D eigenvalue weighted by Gasteiger charge is -2.11. The quantitative estimate of drug-likeness (QED) is 0.685. The molecule has 2 aromatic carbocycles. The fourth-order valence-corrected chi connectivity index (χ4v) is 2.89. The summed E-state index contributed by atoms with van der Waals surface area (Å²) in [5, 5.41) is 4.33. The van der Waals surface area contributed by atoms with E-state index in [1.54, 1.807) is 6.07 Å². The van der Waals surface area contributed by atoms with Crippen molar-refractivity contribution in [3.63, 3.8) is 0 Å². The fourth-order valence-electron chi connectivity index (χ4n) is 2.47. The molecule has 0 radical (unpaired) electrons. The molecule has 112 valence electrons. The van der Waals surface area contributed by atoms with E-state index in [-0.39, 0.29) is 5.63 Å². The van der Waals surface area contributed by atoms with Gasteiger partial charge in [-0.15, -0.1) is 0 Å². The van der Waals surface area contributed by atoms with Gasteiger partial charge >= 0.3 is 5.63 Å². The van der Waals surface area contributed by atoms with Gasteiger partial charge in [-0.3, -0.25) is 0 Å². The maximum absolute atomic E-state index is 11.8. The van der Waals surface area contributed by atoms with E-state index in [4.69, 9.17) is 4.42 Å². The van der Waals surface area contributed by atoms with Crippen LogP contribution >= 0.6 is 15.9 Å². The summed E-state index contributed by atoms with van der Waals surface area (Å²) in [5.74, 6) is 0. The van der Waals surface area contributed by atoms with Gasteiger partial charge in [-0.2, -0.15) is 0 Å². The molecule has 0 unspecified atom stereocenters. The molecule has 22 heavy (non-hydrogen) atoms. The predicted molar refractivity (Wildman–Crippen MR) is 93.4 cm³/mol. The molecule has 0 aliphatic rings. The Hall–Kier alpha value is -2.07. The number of para-hydroxylation sites is 1. The number of hydrogen-bond donors (Lipinski definition) is 1. The number of aryl methyl sites for hydroxylation is 2. The second-order valence-electron chi connectivity index (χ2n) is 5.31. The largest absolute Gasteiger partial charge is 0.422 e. The molecular weight excluding hydrogens is 342 g/mol. The third kappa shape index (κ3) is 2.79. The minimum atomic E-state index is -0.315. The van der Waals surface area contributed by atoms with Crippen molar-refractivity contribution in [2.45, 2.75) is 20.4 Å². The summed E-state index contributed by atoms with van der Waals surface area (Å²) in [6.07, 6.45) is 0. The minimum absolute atomic E-state index is 0.315. The van der Waals surface area contributed by atoms with Crippen molar-refractivity contribution in [2.24, 2.45) is 0 Å². The molecule has 3 aromatic rings. The van der Waals surface area contributed by atoms with Gasteiger partial charge in [-0.1, -0.05) is 24.3 Å². The van der Waals surface area contributed by atoms with E-state index in [1.807, 2.05) is 44.2 Å². The van der Waals surface area contributed by atoms with Crippen molar-refractivity contribution in [3.8, 4) is 0 Å². The number of halogens is 1. The van der Waals surface area contributed by atoms with Gasteiger partial charge in [-0.25, -0.2) is 4.79 Å². The van der Waals surface area contributed by atoms with Crippen LogP contribution in [0.15, 0.2) is 56.1 Å². The van der Waals surface area contributed by atoms with Crippen LogP contribution < -0.4 is 10.9 Å². The van der Waals surface area contributed by atoms with Crippen LogP contribution in [0.5, 0.6) is 0 Å². The van der Waals surface area contributed by atoms with Gasteiger partial charge in [0.1, 0.15) is 5.58 Å². The lowest BCUT2D eigenvalue weighted by Crippen LogP contribution is -2.07. The number of anilines is 1. The maximum Gasteiger partial charge on any atom is 0.336 e. The van der Waals surface area contributed by atoms with Crippen molar-refractivity contribution in [3.05, 3.63) is 74.0 Å². The van der Waals surface area contributed by atoms with E-state index in [2.05, 4.69) is 27.3 Å². The van der Waals surface area contributed by atoms with Crippen molar-refractivity contribution >= 4 is 32.6 Å². The summed E-state index contributed by atoms with van der Waals surface area (Å²) >= 11 is 3.51. The van der Waals surface area contributed by atoms with Crippen LogP contribution in [-0.4, -0.2) is 0 Å². The summed E-state index contributed by atoms with van der Waals surface area (Å²) < 4.78 is 6.39. The zero-order valence-corrected chi connectivity index (χ0v) is 14.0. The third-order valence-electron chi connectivity index (χ3n) is 3.86. The second-order valence-corrected chi connectivity index (χ2v) is 6.16. The zero-order chi connectivity index (χ0) is 15.7. The Balaban J connectivity index is 2.02. The highest BCUT2D eigenvalue weighted by atomic mass is 79.9. The van der Waals surface area contributed by atoms with Gasteiger partial charge < -0.3 is 9.73 Å². The van der Waals surface area contributed by atoms with Crippen molar-refractivity contribution in [1.82, 2.24) is 0 Å². The third-order valence-corrected chi connectivity index (χ3v) is 4.55. The smallest absolute Gasteiger partial charge is 0.336 e. The minimum Gasteiger partial charge on any atom is -0.422 e. The Morgan fingerprint density at radius 2 is 1.91 bits per heavy atom. The lowest BCUT2D eigenvalue weighted by molar-refractivity contribution is 0.556. The van der Waals surface area contributed by atoms with Crippen molar-refractivity contribution in [1.29, 1.82) is 0 Å². The van der Waals surface area contributed by atoms with Crippen LogP contribution in [0.25, 0.3) is 11.0 Å². The Bertz CT molecular complexity index is 899. The molecule has 0 amide bonds.